The first-order valence-electron chi connectivity index (χ1n) is 3.99. The quantitative estimate of drug-likeness (QED) is 0.596. The number of nitro groups is 1. The van der Waals surface area contributed by atoms with Crippen LogP contribution in [0.5, 0.6) is 0 Å². The summed E-state index contributed by atoms with van der Waals surface area (Å²) in [6.45, 7) is 0. The van der Waals surface area contributed by atoms with Gasteiger partial charge in [0.25, 0.3) is 0 Å². The topological polar surface area (TPSA) is 43.1 Å². The fraction of sp³-hybridized carbons (Fsp3) is 0.111. The molecule has 0 aliphatic carbocycles. The van der Waals surface area contributed by atoms with Gasteiger partial charge in [0.1, 0.15) is 5.57 Å². The zero-order valence-electron chi connectivity index (χ0n) is 7.66. The first-order chi connectivity index (χ1) is 7.30. The Morgan fingerprint density at radius 2 is 2.06 bits per heavy atom. The maximum atomic E-state index is 12.5. The van der Waals surface area contributed by atoms with Crippen molar-refractivity contribution in [1.29, 1.82) is 0 Å². The number of allylic oxidation sites excluding steroid dienone is 1. The molecule has 0 aliphatic heterocycles. The fourth-order valence-corrected chi connectivity index (χ4v) is 1.26. The Hall–Kier alpha value is -1.56. The van der Waals surface area contributed by atoms with Gasteiger partial charge in [-0.1, -0.05) is 23.7 Å². The number of hydrogen-bond acceptors (Lipinski definition) is 2. The molecule has 0 bridgehead atoms. The van der Waals surface area contributed by atoms with Gasteiger partial charge in [0.15, 0.2) is 0 Å². The van der Waals surface area contributed by atoms with Crippen LogP contribution in [0.3, 0.4) is 0 Å². The van der Waals surface area contributed by atoms with Gasteiger partial charge in [-0.15, -0.1) is 0 Å². The van der Waals surface area contributed by atoms with Gasteiger partial charge in [-0.25, -0.2) is 0 Å². The van der Waals surface area contributed by atoms with Crippen LogP contribution in [0.1, 0.15) is 5.56 Å². The number of nitrogens with zero attached hydrogens (tertiary/aromatic N) is 1. The summed E-state index contributed by atoms with van der Waals surface area (Å²) < 4.78 is 37.4. The van der Waals surface area contributed by atoms with Gasteiger partial charge < -0.3 is 0 Å². The lowest BCUT2D eigenvalue weighted by molar-refractivity contribution is -0.402. The molecular weight excluding hydrogens is 247 g/mol. The van der Waals surface area contributed by atoms with Crippen LogP contribution in [0.15, 0.2) is 30.5 Å². The summed E-state index contributed by atoms with van der Waals surface area (Å²) in [5.41, 5.74) is -1.67. The van der Waals surface area contributed by atoms with E-state index in [-0.39, 0.29) is 16.8 Å². The van der Waals surface area contributed by atoms with E-state index in [1.807, 2.05) is 0 Å². The Labute approximate surface area is 93.3 Å². The van der Waals surface area contributed by atoms with Gasteiger partial charge in [-0.3, -0.25) is 10.1 Å². The summed E-state index contributed by atoms with van der Waals surface area (Å²) in [5.74, 6) is 0. The molecule has 1 aromatic carbocycles. The third-order valence-electron chi connectivity index (χ3n) is 1.68. The lowest BCUT2D eigenvalue weighted by Crippen LogP contribution is -2.12. The molecule has 0 heterocycles. The second kappa shape index (κ2) is 4.52. The first kappa shape index (κ1) is 12.5. The standard InChI is InChI=1S/C9H5ClF3NO2/c10-7-3-1-2-6(4-7)8(5-14(15)16)9(11,12)13/h1-5H. The number of alkyl halides is 3. The molecule has 0 amide bonds. The second-order valence-corrected chi connectivity index (χ2v) is 3.27. The van der Waals surface area contributed by atoms with Gasteiger partial charge >= 0.3 is 6.18 Å². The largest absolute Gasteiger partial charge is 0.422 e. The summed E-state index contributed by atoms with van der Waals surface area (Å²) in [5, 5.41) is 10.2. The number of hydrogen-bond donors (Lipinski definition) is 0. The van der Waals surface area contributed by atoms with Crippen LogP contribution in [0.2, 0.25) is 5.02 Å². The minimum Gasteiger partial charge on any atom is -0.259 e. The van der Waals surface area contributed by atoms with Gasteiger partial charge in [0.05, 0.1) is 4.92 Å². The molecule has 0 saturated carbocycles. The Kier molecular flexibility index (Phi) is 3.54. The van der Waals surface area contributed by atoms with Gasteiger partial charge in [-0.05, 0) is 17.7 Å². The Bertz CT molecular complexity index is 443. The summed E-state index contributed by atoms with van der Waals surface area (Å²) in [6, 6.07) is 4.79. The van der Waals surface area contributed by atoms with Gasteiger partial charge in [0, 0.05) is 5.02 Å². The van der Waals surface area contributed by atoms with Crippen molar-refractivity contribution in [3.05, 3.63) is 51.2 Å². The molecular formula is C9H5ClF3NO2. The molecule has 0 aromatic heterocycles. The second-order valence-electron chi connectivity index (χ2n) is 2.84. The third kappa shape index (κ3) is 3.23. The van der Waals surface area contributed by atoms with E-state index in [1.165, 1.54) is 12.1 Å². The van der Waals surface area contributed by atoms with Crippen LogP contribution < -0.4 is 0 Å². The van der Waals surface area contributed by atoms with E-state index >= 15 is 0 Å². The predicted molar refractivity (Wildman–Crippen MR) is 52.5 cm³/mol. The SMILES string of the molecule is O=[N+]([O-])C=C(c1cccc(Cl)c1)C(F)(F)F. The van der Waals surface area contributed by atoms with Crippen molar-refractivity contribution in [3.63, 3.8) is 0 Å². The molecule has 0 radical (unpaired) electrons. The summed E-state index contributed by atoms with van der Waals surface area (Å²) >= 11 is 5.51. The fourth-order valence-electron chi connectivity index (χ4n) is 1.07. The summed E-state index contributed by atoms with van der Waals surface area (Å²) in [6.07, 6.45) is -4.87. The van der Waals surface area contributed by atoms with Crippen molar-refractivity contribution in [3.8, 4) is 0 Å². The zero-order valence-corrected chi connectivity index (χ0v) is 8.42. The Morgan fingerprint density at radius 1 is 1.44 bits per heavy atom. The van der Waals surface area contributed by atoms with Crippen LogP contribution >= 0.6 is 11.6 Å². The molecule has 0 saturated heterocycles. The van der Waals surface area contributed by atoms with Gasteiger partial charge in [-0.2, -0.15) is 13.2 Å². The molecule has 1 rings (SSSR count). The Balaban J connectivity index is 3.28. The van der Waals surface area contributed by atoms with E-state index in [2.05, 4.69) is 0 Å². The molecule has 0 N–H and O–H groups in total. The molecule has 7 heteroatoms. The van der Waals surface area contributed by atoms with E-state index in [0.29, 0.717) is 0 Å². The maximum absolute atomic E-state index is 12.5. The molecule has 0 unspecified atom stereocenters. The number of halogens is 4. The lowest BCUT2D eigenvalue weighted by Gasteiger charge is -2.09. The third-order valence-corrected chi connectivity index (χ3v) is 1.91. The summed E-state index contributed by atoms with van der Waals surface area (Å²) in [4.78, 5) is 8.96. The molecule has 3 nitrogen and oxygen atoms in total. The molecule has 0 aliphatic rings. The minimum absolute atomic E-state index is 0.0777. The normalized spacial score (nSPS) is 12.6. The summed E-state index contributed by atoms with van der Waals surface area (Å²) in [7, 11) is 0. The van der Waals surface area contributed by atoms with Crippen molar-refractivity contribution in [2.45, 2.75) is 6.18 Å². The minimum atomic E-state index is -4.79. The highest BCUT2D eigenvalue weighted by Gasteiger charge is 2.37. The van der Waals surface area contributed by atoms with E-state index in [9.17, 15) is 23.3 Å². The Morgan fingerprint density at radius 3 is 2.50 bits per heavy atom. The van der Waals surface area contributed by atoms with Crippen LogP contribution in [0.25, 0.3) is 5.57 Å². The highest BCUT2D eigenvalue weighted by atomic mass is 35.5. The van der Waals surface area contributed by atoms with Crippen LogP contribution in [0, 0.1) is 10.1 Å². The monoisotopic (exact) mass is 251 g/mol. The number of rotatable bonds is 2. The maximum Gasteiger partial charge on any atom is 0.422 e. The van der Waals surface area contributed by atoms with Crippen LogP contribution in [-0.2, 0) is 0 Å². The molecule has 1 aromatic rings. The number of benzene rings is 1. The van der Waals surface area contributed by atoms with E-state index in [0.717, 1.165) is 12.1 Å². The van der Waals surface area contributed by atoms with E-state index in [1.54, 1.807) is 0 Å². The average Bonchev–Trinajstić information content (AvgIpc) is 2.12. The van der Waals surface area contributed by atoms with Crippen molar-refractivity contribution in [2.24, 2.45) is 0 Å². The highest BCUT2D eigenvalue weighted by Crippen LogP contribution is 2.34. The van der Waals surface area contributed by atoms with Crippen molar-refractivity contribution >= 4 is 17.2 Å². The van der Waals surface area contributed by atoms with E-state index in [4.69, 9.17) is 11.6 Å². The van der Waals surface area contributed by atoms with Crippen LogP contribution in [0.4, 0.5) is 13.2 Å². The van der Waals surface area contributed by atoms with Crippen LogP contribution in [-0.4, -0.2) is 11.1 Å². The van der Waals surface area contributed by atoms with E-state index < -0.39 is 16.7 Å². The molecule has 86 valence electrons. The molecule has 0 fully saturated rings. The smallest absolute Gasteiger partial charge is 0.259 e. The molecule has 16 heavy (non-hydrogen) atoms. The average molecular weight is 252 g/mol. The zero-order chi connectivity index (χ0) is 12.3. The van der Waals surface area contributed by atoms with Crippen molar-refractivity contribution in [1.82, 2.24) is 0 Å². The first-order valence-corrected chi connectivity index (χ1v) is 4.37. The van der Waals surface area contributed by atoms with Crippen molar-refractivity contribution < 1.29 is 18.1 Å². The molecule has 0 atom stereocenters. The lowest BCUT2D eigenvalue weighted by atomic mass is 10.1. The highest BCUT2D eigenvalue weighted by molar-refractivity contribution is 6.30. The van der Waals surface area contributed by atoms with Crippen molar-refractivity contribution in [2.75, 3.05) is 0 Å². The predicted octanol–water partition coefficient (Wildman–Crippen LogP) is 3.52. The molecule has 0 spiro atoms. The van der Waals surface area contributed by atoms with Gasteiger partial charge in [0.2, 0.25) is 6.20 Å².